The van der Waals surface area contributed by atoms with Gasteiger partial charge >= 0.3 is 0 Å². The van der Waals surface area contributed by atoms with Crippen molar-refractivity contribution in [1.29, 1.82) is 0 Å². The average molecular weight is 845 g/mol. The van der Waals surface area contributed by atoms with E-state index in [1.54, 1.807) is 0 Å². The molecule has 0 atom stereocenters. The second kappa shape index (κ2) is 13.8. The summed E-state index contributed by atoms with van der Waals surface area (Å²) in [6, 6.07) is 58.6. The molecule has 0 radical (unpaired) electrons. The van der Waals surface area contributed by atoms with Gasteiger partial charge < -0.3 is 18.6 Å². The van der Waals surface area contributed by atoms with Crippen LogP contribution in [0.15, 0.2) is 167 Å². The third-order valence-electron chi connectivity index (χ3n) is 14.1. The van der Waals surface area contributed by atoms with Crippen molar-refractivity contribution in [2.45, 2.75) is 78.6 Å². The van der Waals surface area contributed by atoms with E-state index in [9.17, 15) is 0 Å². The number of rotatable bonds is 3. The molecule has 12 rings (SSSR count). The normalized spacial score (nSPS) is 13.8. The zero-order valence-electron chi connectivity index (χ0n) is 38.8. The quantitative estimate of drug-likeness (QED) is 0.166. The third kappa shape index (κ3) is 6.12. The largest absolute Gasteiger partial charge is 0.456 e. The van der Waals surface area contributed by atoms with Crippen LogP contribution in [0, 0.1) is 0 Å². The van der Waals surface area contributed by atoms with Crippen LogP contribution >= 0.6 is 0 Å². The summed E-state index contributed by atoms with van der Waals surface area (Å²) in [5.74, 6) is 0. The van der Waals surface area contributed by atoms with Crippen LogP contribution in [-0.4, -0.2) is 6.71 Å². The molecule has 4 nitrogen and oxygen atoms in total. The standard InChI is InChI=1S/C60H53BN2O2/c1-58(2,3)38-25-27-48-46(32-38)61-47-33-39(59(4,5)6)26-28-49(47)63(50-21-15-20-44-42-18-10-13-23-54(42)65-57(44)50)52-35-40(60(7,8)9)34-51(56(52)61)62(48)41-17-14-16-36(30-41)37-24-29-55-45(31-37)43-19-11-12-22-53(43)64-55/h10-35H,1-9H3. The molecule has 0 unspecified atom stereocenters. The second-order valence-corrected chi connectivity index (χ2v) is 21.4. The lowest BCUT2D eigenvalue weighted by atomic mass is 9.33. The van der Waals surface area contributed by atoms with E-state index in [1.807, 2.05) is 6.07 Å². The minimum absolute atomic E-state index is 0.0223. The average Bonchev–Trinajstić information content (AvgIpc) is 3.86. The highest BCUT2D eigenvalue weighted by atomic mass is 16.3. The summed E-state index contributed by atoms with van der Waals surface area (Å²) in [7, 11) is 0. The van der Waals surface area contributed by atoms with Gasteiger partial charge in [-0.15, -0.1) is 0 Å². The molecule has 8 aromatic carbocycles. The van der Waals surface area contributed by atoms with Gasteiger partial charge in [0.1, 0.15) is 16.7 Å². The van der Waals surface area contributed by atoms with Crippen LogP contribution in [0.3, 0.4) is 0 Å². The topological polar surface area (TPSA) is 32.8 Å². The van der Waals surface area contributed by atoms with Gasteiger partial charge in [-0.25, -0.2) is 0 Å². The molecule has 0 saturated heterocycles. The number of hydrogen-bond acceptors (Lipinski definition) is 4. The molecule has 0 aliphatic carbocycles. The molecule has 318 valence electrons. The first-order chi connectivity index (χ1) is 31.1. The van der Waals surface area contributed by atoms with Crippen molar-refractivity contribution in [2.75, 3.05) is 9.80 Å². The Hall–Kier alpha value is -6.98. The molecular formula is C60H53BN2O2. The summed E-state index contributed by atoms with van der Waals surface area (Å²) in [5.41, 5.74) is 20.5. The van der Waals surface area contributed by atoms with Crippen molar-refractivity contribution in [2.24, 2.45) is 0 Å². The van der Waals surface area contributed by atoms with Crippen molar-refractivity contribution in [3.63, 3.8) is 0 Å². The molecule has 5 heteroatoms. The summed E-state index contributed by atoms with van der Waals surface area (Å²) in [6.07, 6.45) is 0. The van der Waals surface area contributed by atoms with Gasteiger partial charge in [0, 0.05) is 50.0 Å². The van der Waals surface area contributed by atoms with E-state index < -0.39 is 0 Å². The van der Waals surface area contributed by atoms with E-state index in [0.29, 0.717) is 0 Å². The molecular weight excluding hydrogens is 791 g/mol. The van der Waals surface area contributed by atoms with E-state index >= 15 is 0 Å². The fourth-order valence-corrected chi connectivity index (χ4v) is 10.5. The molecule has 2 aromatic heterocycles. The first-order valence-corrected chi connectivity index (χ1v) is 23.1. The maximum absolute atomic E-state index is 6.88. The number of fused-ring (bicyclic) bond motifs is 10. The lowest BCUT2D eigenvalue weighted by Gasteiger charge is -2.45. The molecule has 0 saturated carbocycles. The van der Waals surface area contributed by atoms with Crippen LogP contribution in [-0.2, 0) is 16.2 Å². The summed E-state index contributed by atoms with van der Waals surface area (Å²) in [4.78, 5) is 5.08. The fraction of sp³-hybridized carbons (Fsp3) is 0.200. The highest BCUT2D eigenvalue weighted by Crippen LogP contribution is 2.49. The van der Waals surface area contributed by atoms with Gasteiger partial charge in [0.25, 0.3) is 6.71 Å². The Bertz CT molecular complexity index is 3590. The Morgan fingerprint density at radius 2 is 0.908 bits per heavy atom. The monoisotopic (exact) mass is 844 g/mol. The van der Waals surface area contributed by atoms with Gasteiger partial charge in [0.15, 0.2) is 5.58 Å². The Morgan fingerprint density at radius 3 is 1.57 bits per heavy atom. The minimum Gasteiger partial charge on any atom is -0.456 e. The number of furan rings is 2. The van der Waals surface area contributed by atoms with Gasteiger partial charge in [0.05, 0.1) is 5.69 Å². The molecule has 2 aliphatic heterocycles. The molecule has 0 N–H and O–H groups in total. The smallest absolute Gasteiger partial charge is 0.252 e. The summed E-state index contributed by atoms with van der Waals surface area (Å²) >= 11 is 0. The minimum atomic E-state index is -0.152. The van der Waals surface area contributed by atoms with Gasteiger partial charge in [-0.2, -0.15) is 0 Å². The van der Waals surface area contributed by atoms with E-state index in [-0.39, 0.29) is 23.0 Å². The van der Waals surface area contributed by atoms with Crippen molar-refractivity contribution in [1.82, 2.24) is 0 Å². The summed E-state index contributed by atoms with van der Waals surface area (Å²) in [5, 5.41) is 4.51. The van der Waals surface area contributed by atoms with Gasteiger partial charge in [-0.3, -0.25) is 0 Å². The van der Waals surface area contributed by atoms with Crippen LogP contribution < -0.4 is 26.2 Å². The number of para-hydroxylation sites is 3. The summed E-state index contributed by atoms with van der Waals surface area (Å²) in [6.45, 7) is 21.0. The molecule has 4 heterocycles. The van der Waals surface area contributed by atoms with Crippen LogP contribution in [0.2, 0.25) is 0 Å². The van der Waals surface area contributed by atoms with Crippen LogP contribution in [0.1, 0.15) is 79.0 Å². The number of anilines is 6. The predicted molar refractivity (Wildman–Crippen MR) is 277 cm³/mol. The molecule has 10 aromatic rings. The Labute approximate surface area is 382 Å². The van der Waals surface area contributed by atoms with E-state index in [1.165, 1.54) is 55.8 Å². The highest BCUT2D eigenvalue weighted by molar-refractivity contribution is 7.00. The van der Waals surface area contributed by atoms with Crippen molar-refractivity contribution in [3.8, 4) is 11.1 Å². The van der Waals surface area contributed by atoms with Crippen LogP contribution in [0.5, 0.6) is 0 Å². The fourth-order valence-electron chi connectivity index (χ4n) is 10.5. The zero-order valence-corrected chi connectivity index (χ0v) is 38.8. The molecule has 65 heavy (non-hydrogen) atoms. The Morgan fingerprint density at radius 1 is 0.369 bits per heavy atom. The Kier molecular flexibility index (Phi) is 8.39. The van der Waals surface area contributed by atoms with Crippen molar-refractivity contribution >= 4 is 101 Å². The summed E-state index contributed by atoms with van der Waals surface area (Å²) < 4.78 is 13.1. The van der Waals surface area contributed by atoms with Crippen LogP contribution in [0.4, 0.5) is 34.1 Å². The molecule has 0 amide bonds. The lowest BCUT2D eigenvalue weighted by molar-refractivity contribution is 0.590. The maximum atomic E-state index is 6.88. The van der Waals surface area contributed by atoms with E-state index in [0.717, 1.165) is 66.4 Å². The third-order valence-corrected chi connectivity index (χ3v) is 14.1. The highest BCUT2D eigenvalue weighted by Gasteiger charge is 2.45. The SMILES string of the molecule is CC(C)(C)c1ccc2c(c1)B1c3cc(C(C)(C)C)ccc3N(c3cccc4c3oc3ccccc34)c3cc(C(C)(C)C)cc(c31)N2c1cccc(-c2ccc3oc4ccccc4c3c2)c1. The number of benzene rings is 8. The van der Waals surface area contributed by atoms with E-state index in [4.69, 9.17) is 8.83 Å². The number of nitrogens with zero attached hydrogens (tertiary/aromatic N) is 2. The van der Waals surface area contributed by atoms with Gasteiger partial charge in [-0.05, 0) is 127 Å². The van der Waals surface area contributed by atoms with Crippen LogP contribution in [0.25, 0.3) is 55.0 Å². The molecule has 2 aliphatic rings. The molecule has 0 bridgehead atoms. The van der Waals surface area contributed by atoms with Gasteiger partial charge in [-0.1, -0.05) is 153 Å². The first kappa shape index (κ1) is 39.6. The first-order valence-electron chi connectivity index (χ1n) is 23.1. The molecule has 0 spiro atoms. The Balaban J connectivity index is 1.17. The van der Waals surface area contributed by atoms with E-state index in [2.05, 4.69) is 224 Å². The second-order valence-electron chi connectivity index (χ2n) is 21.4. The van der Waals surface area contributed by atoms with Gasteiger partial charge in [0.2, 0.25) is 0 Å². The zero-order chi connectivity index (χ0) is 44.7. The van der Waals surface area contributed by atoms with Crippen molar-refractivity contribution < 1.29 is 8.83 Å². The molecule has 0 fully saturated rings. The maximum Gasteiger partial charge on any atom is 0.252 e. The predicted octanol–water partition coefficient (Wildman–Crippen LogP) is 15.1. The van der Waals surface area contributed by atoms with Crippen molar-refractivity contribution in [3.05, 3.63) is 174 Å². The number of hydrogen-bond donors (Lipinski definition) is 0. The lowest BCUT2D eigenvalue weighted by Crippen LogP contribution is -2.61.